The topological polar surface area (TPSA) is 57.4 Å². The molecule has 0 saturated carbocycles. The first-order valence-corrected chi connectivity index (χ1v) is 16.2. The molecule has 0 aliphatic heterocycles. The van der Waals surface area contributed by atoms with Gasteiger partial charge in [0.1, 0.15) is 12.1 Å². The third kappa shape index (κ3) is 4.07. The van der Waals surface area contributed by atoms with Crippen LogP contribution in [-0.4, -0.2) is 9.13 Å². The van der Waals surface area contributed by atoms with Crippen molar-refractivity contribution in [2.24, 2.45) is 0 Å². The molecule has 0 saturated heterocycles. The van der Waals surface area contributed by atoms with Crippen LogP contribution < -0.4 is 0 Å². The Kier molecular flexibility index (Phi) is 6.35. The van der Waals surface area contributed by atoms with Gasteiger partial charge in [0, 0.05) is 33.1 Å². The van der Waals surface area contributed by atoms with Crippen LogP contribution in [0.25, 0.3) is 72.4 Å². The molecular formula is C44H28N4. The summed E-state index contributed by atoms with van der Waals surface area (Å²) in [6.07, 6.45) is 6.62. The van der Waals surface area contributed by atoms with Crippen LogP contribution in [0.2, 0.25) is 0 Å². The minimum absolute atomic E-state index is 0.356. The molecule has 8 aromatic rings. The van der Waals surface area contributed by atoms with Crippen molar-refractivity contribution < 1.29 is 0 Å². The highest BCUT2D eigenvalue weighted by Crippen LogP contribution is 2.42. The van der Waals surface area contributed by atoms with Gasteiger partial charge in [0.05, 0.1) is 33.4 Å². The van der Waals surface area contributed by atoms with Gasteiger partial charge >= 0.3 is 0 Å². The van der Waals surface area contributed by atoms with E-state index in [9.17, 15) is 10.5 Å². The number of fused-ring (bicyclic) bond motifs is 6. The fraction of sp³-hybridized carbons (Fsp3) is 0.0455. The molecule has 4 heteroatoms. The molecule has 1 aliphatic rings. The van der Waals surface area contributed by atoms with Crippen molar-refractivity contribution in [1.29, 1.82) is 10.5 Å². The summed E-state index contributed by atoms with van der Waals surface area (Å²) in [6, 6.07) is 50.8. The average Bonchev–Trinajstić information content (AvgIpc) is 3.67. The van der Waals surface area contributed by atoms with Crippen molar-refractivity contribution in [3.63, 3.8) is 0 Å². The minimum atomic E-state index is 0.356. The van der Waals surface area contributed by atoms with Gasteiger partial charge in [-0.3, -0.25) is 0 Å². The van der Waals surface area contributed by atoms with Crippen LogP contribution in [0.5, 0.6) is 0 Å². The summed E-state index contributed by atoms with van der Waals surface area (Å²) in [4.78, 5) is 0. The number of aromatic nitrogens is 2. The van der Waals surface area contributed by atoms with Gasteiger partial charge in [-0.05, 0) is 77.6 Å². The highest BCUT2D eigenvalue weighted by atomic mass is 15.0. The van der Waals surface area contributed by atoms with Gasteiger partial charge in [0.15, 0.2) is 0 Å². The molecular weight excluding hydrogens is 585 g/mol. The zero-order chi connectivity index (χ0) is 32.2. The van der Waals surface area contributed by atoms with Crippen molar-refractivity contribution in [3.05, 3.63) is 162 Å². The van der Waals surface area contributed by atoms with E-state index >= 15 is 0 Å². The number of rotatable bonds is 4. The molecule has 0 unspecified atom stereocenters. The van der Waals surface area contributed by atoms with E-state index in [1.54, 1.807) is 6.07 Å². The molecule has 1 aliphatic carbocycles. The fourth-order valence-corrected chi connectivity index (χ4v) is 7.66. The van der Waals surface area contributed by atoms with E-state index in [0.29, 0.717) is 16.8 Å². The highest BCUT2D eigenvalue weighted by molar-refractivity contribution is 6.10. The molecule has 48 heavy (non-hydrogen) atoms. The third-order valence-corrected chi connectivity index (χ3v) is 9.70. The number of nitrogens with zero attached hydrogens (tertiary/aromatic N) is 4. The maximum absolute atomic E-state index is 10.6. The van der Waals surface area contributed by atoms with E-state index in [1.807, 2.05) is 36.4 Å². The Morgan fingerprint density at radius 2 is 1.19 bits per heavy atom. The molecule has 0 amide bonds. The molecule has 0 bridgehead atoms. The molecule has 0 radical (unpaired) electrons. The van der Waals surface area contributed by atoms with Crippen molar-refractivity contribution in [2.45, 2.75) is 12.8 Å². The Balaban J connectivity index is 1.31. The van der Waals surface area contributed by atoms with Crippen molar-refractivity contribution in [2.75, 3.05) is 0 Å². The zero-order valence-corrected chi connectivity index (χ0v) is 26.1. The maximum Gasteiger partial charge on any atom is 0.103 e. The standard InChI is InChI=1S/C44H28N4/c45-27-30-24-25-38(44(39(30)28-46)48-42-22-9-5-18-36(42)37-19-6-10-23-43(37)48)33-15-2-1-14-32(33)29-12-11-13-31(26-29)47-40-20-7-3-16-34(40)35-17-4-8-21-41(35)47/h1-3,5-16,18-26H,4,17H2. The Bertz CT molecular complexity index is 2650. The Morgan fingerprint density at radius 1 is 0.542 bits per heavy atom. The van der Waals surface area contributed by atoms with Crippen LogP contribution in [0.1, 0.15) is 28.8 Å². The zero-order valence-electron chi connectivity index (χ0n) is 26.1. The van der Waals surface area contributed by atoms with E-state index in [0.717, 1.165) is 62.6 Å². The lowest BCUT2D eigenvalue weighted by atomic mass is 9.90. The second-order valence-electron chi connectivity index (χ2n) is 12.2. The van der Waals surface area contributed by atoms with Crippen molar-refractivity contribution in [3.8, 4) is 45.8 Å². The molecule has 0 spiro atoms. The number of aryl methyl sites for hydroxylation is 1. The Morgan fingerprint density at radius 3 is 1.90 bits per heavy atom. The van der Waals surface area contributed by atoms with Crippen molar-refractivity contribution in [1.82, 2.24) is 9.13 Å². The summed E-state index contributed by atoms with van der Waals surface area (Å²) in [5.74, 6) is 0. The number of benzene rings is 6. The number of nitriles is 2. The van der Waals surface area contributed by atoms with Crippen LogP contribution in [0, 0.1) is 22.7 Å². The second kappa shape index (κ2) is 11.0. The van der Waals surface area contributed by atoms with E-state index in [-0.39, 0.29) is 0 Å². The predicted molar refractivity (Wildman–Crippen MR) is 195 cm³/mol. The number of hydrogen-bond acceptors (Lipinski definition) is 2. The molecule has 2 heterocycles. The molecule has 6 aromatic carbocycles. The van der Waals surface area contributed by atoms with Gasteiger partial charge in [-0.1, -0.05) is 103 Å². The molecule has 9 rings (SSSR count). The lowest BCUT2D eigenvalue weighted by molar-refractivity contribution is 0.968. The molecule has 2 aromatic heterocycles. The van der Waals surface area contributed by atoms with Crippen molar-refractivity contribution >= 4 is 38.8 Å². The van der Waals surface area contributed by atoms with E-state index in [4.69, 9.17) is 0 Å². The second-order valence-corrected chi connectivity index (χ2v) is 12.2. The first-order chi connectivity index (χ1) is 23.8. The van der Waals surface area contributed by atoms with Gasteiger partial charge in [-0.15, -0.1) is 0 Å². The Labute approximate surface area is 278 Å². The average molecular weight is 613 g/mol. The summed E-state index contributed by atoms with van der Waals surface area (Å²) in [5, 5.41) is 24.3. The quantitative estimate of drug-likeness (QED) is 0.199. The van der Waals surface area contributed by atoms with Crippen LogP contribution >= 0.6 is 0 Å². The summed E-state index contributed by atoms with van der Waals surface area (Å²) < 4.78 is 4.54. The van der Waals surface area contributed by atoms with Gasteiger partial charge in [0.25, 0.3) is 0 Å². The van der Waals surface area contributed by atoms with Gasteiger partial charge in [-0.2, -0.15) is 10.5 Å². The number of hydrogen-bond donors (Lipinski definition) is 0. The normalized spacial score (nSPS) is 12.3. The SMILES string of the molecule is N#Cc1ccc(-c2ccccc2-c2cccc(-n3c4c(c5ccccc53)CCC=C4)c2)c(-n2c3ccccc3c3ccccc32)c1C#N. The summed E-state index contributed by atoms with van der Waals surface area (Å²) in [7, 11) is 0. The molecule has 224 valence electrons. The molecule has 0 N–H and O–H groups in total. The predicted octanol–water partition coefficient (Wildman–Crippen LogP) is 10.8. The van der Waals surface area contributed by atoms with Crippen LogP contribution in [-0.2, 0) is 6.42 Å². The first kappa shape index (κ1) is 27.7. The van der Waals surface area contributed by atoms with Crippen LogP contribution in [0.4, 0.5) is 0 Å². The van der Waals surface area contributed by atoms with Crippen LogP contribution in [0.15, 0.2) is 140 Å². The largest absolute Gasteiger partial charge is 0.310 e. The number of para-hydroxylation sites is 3. The van der Waals surface area contributed by atoms with Gasteiger partial charge in [-0.25, -0.2) is 0 Å². The molecule has 0 atom stereocenters. The minimum Gasteiger partial charge on any atom is -0.310 e. The highest BCUT2D eigenvalue weighted by Gasteiger charge is 2.23. The lowest BCUT2D eigenvalue weighted by Crippen LogP contribution is -2.04. The van der Waals surface area contributed by atoms with Gasteiger partial charge < -0.3 is 9.13 Å². The number of allylic oxidation sites excluding steroid dienone is 1. The third-order valence-electron chi connectivity index (χ3n) is 9.70. The monoisotopic (exact) mass is 612 g/mol. The van der Waals surface area contributed by atoms with E-state index in [2.05, 4.69) is 124 Å². The Hall–Kier alpha value is -6.62. The van der Waals surface area contributed by atoms with Gasteiger partial charge in [0.2, 0.25) is 0 Å². The molecule has 4 nitrogen and oxygen atoms in total. The van der Waals surface area contributed by atoms with Crippen LogP contribution in [0.3, 0.4) is 0 Å². The first-order valence-electron chi connectivity index (χ1n) is 16.2. The van der Waals surface area contributed by atoms with E-state index in [1.165, 1.54) is 22.2 Å². The summed E-state index contributed by atoms with van der Waals surface area (Å²) >= 11 is 0. The smallest absolute Gasteiger partial charge is 0.103 e. The summed E-state index contributed by atoms with van der Waals surface area (Å²) in [6.45, 7) is 0. The molecule has 0 fully saturated rings. The van der Waals surface area contributed by atoms with E-state index < -0.39 is 0 Å². The fourth-order valence-electron chi connectivity index (χ4n) is 7.66. The maximum atomic E-state index is 10.6. The lowest BCUT2D eigenvalue weighted by Gasteiger charge is -2.19. The summed E-state index contributed by atoms with van der Waals surface area (Å²) in [5.41, 5.74) is 12.4.